The topological polar surface area (TPSA) is 97.4 Å². The van der Waals surface area contributed by atoms with Crippen LogP contribution in [0.1, 0.15) is 29.1 Å². The lowest BCUT2D eigenvalue weighted by Gasteiger charge is -2.18. The number of benzene rings is 2. The number of halogens is 2. The predicted octanol–water partition coefficient (Wildman–Crippen LogP) is 4.95. The Labute approximate surface area is 186 Å². The van der Waals surface area contributed by atoms with Gasteiger partial charge in [0.05, 0.1) is 0 Å². The quantitative estimate of drug-likeness (QED) is 0.504. The minimum absolute atomic E-state index is 0.0247. The summed E-state index contributed by atoms with van der Waals surface area (Å²) >= 11 is 13.0. The van der Waals surface area contributed by atoms with E-state index in [0.29, 0.717) is 21.3 Å². The molecule has 0 aliphatic rings. The van der Waals surface area contributed by atoms with E-state index in [-0.39, 0.29) is 16.7 Å². The molecule has 0 saturated heterocycles. The molecule has 7 nitrogen and oxygen atoms in total. The second-order valence-corrected chi connectivity index (χ2v) is 7.79. The van der Waals surface area contributed by atoms with Crippen molar-refractivity contribution in [3.63, 3.8) is 0 Å². The van der Waals surface area contributed by atoms with E-state index in [4.69, 9.17) is 27.9 Å². The van der Waals surface area contributed by atoms with Crippen molar-refractivity contribution in [3.8, 4) is 0 Å². The number of thiazole rings is 1. The van der Waals surface area contributed by atoms with Crippen molar-refractivity contribution in [3.05, 3.63) is 75.2 Å². The molecule has 2 N–H and O–H groups in total. The van der Waals surface area contributed by atoms with Crippen molar-refractivity contribution in [1.82, 2.24) is 4.98 Å². The van der Waals surface area contributed by atoms with E-state index in [2.05, 4.69) is 15.6 Å². The highest BCUT2D eigenvalue weighted by molar-refractivity contribution is 7.14. The number of hydrogen-bond donors (Lipinski definition) is 2. The van der Waals surface area contributed by atoms with Crippen molar-refractivity contribution >= 4 is 63.1 Å². The largest absolute Gasteiger partial charge is 0.443 e. The molecule has 0 aliphatic carbocycles. The van der Waals surface area contributed by atoms with Crippen LogP contribution in [0, 0.1) is 0 Å². The molecular formula is C20H15Cl2N3O4S. The summed E-state index contributed by atoms with van der Waals surface area (Å²) in [5, 5.41) is 7.52. The summed E-state index contributed by atoms with van der Waals surface area (Å²) in [6.07, 6.45) is -1.25. The van der Waals surface area contributed by atoms with Crippen molar-refractivity contribution in [1.29, 1.82) is 0 Å². The molecule has 2 amide bonds. The summed E-state index contributed by atoms with van der Waals surface area (Å²) < 4.78 is 5.45. The molecule has 3 aromatic rings. The van der Waals surface area contributed by atoms with Gasteiger partial charge in [-0.25, -0.2) is 9.78 Å². The summed E-state index contributed by atoms with van der Waals surface area (Å²) in [6, 6.07) is 13.1. The third-order valence-corrected chi connectivity index (χ3v) is 4.89. The highest BCUT2D eigenvalue weighted by Gasteiger charge is 2.27. The lowest BCUT2D eigenvalue weighted by molar-refractivity contribution is -0.125. The lowest BCUT2D eigenvalue weighted by Crippen LogP contribution is -2.26. The zero-order valence-corrected chi connectivity index (χ0v) is 17.8. The first kappa shape index (κ1) is 21.8. The van der Waals surface area contributed by atoms with Gasteiger partial charge >= 0.3 is 5.97 Å². The first-order chi connectivity index (χ1) is 14.3. The third kappa shape index (κ3) is 5.79. The number of hydrogen-bond acceptors (Lipinski definition) is 6. The van der Waals surface area contributed by atoms with Gasteiger partial charge in [0.25, 0.3) is 5.91 Å². The molecule has 0 spiro atoms. The van der Waals surface area contributed by atoms with Crippen LogP contribution in [0.25, 0.3) is 0 Å². The Morgan fingerprint density at radius 2 is 1.70 bits per heavy atom. The minimum Gasteiger partial charge on any atom is -0.443 e. The molecule has 0 fully saturated rings. The Kier molecular flexibility index (Phi) is 7.04. The second kappa shape index (κ2) is 9.71. The van der Waals surface area contributed by atoms with Gasteiger partial charge in [-0.1, -0.05) is 53.5 Å². The summed E-state index contributed by atoms with van der Waals surface area (Å²) in [5.74, 6) is -1.72. The molecule has 154 valence electrons. The molecule has 0 aliphatic heterocycles. The Morgan fingerprint density at radius 3 is 2.33 bits per heavy atom. The van der Waals surface area contributed by atoms with E-state index in [9.17, 15) is 14.4 Å². The molecule has 30 heavy (non-hydrogen) atoms. The molecule has 1 atom stereocenters. The molecule has 0 bridgehead atoms. The Hall–Kier alpha value is -2.94. The van der Waals surface area contributed by atoms with E-state index in [1.807, 2.05) is 0 Å². The van der Waals surface area contributed by atoms with Crippen LogP contribution in [-0.2, 0) is 14.3 Å². The molecule has 1 heterocycles. The third-order valence-electron chi connectivity index (χ3n) is 3.69. The summed E-state index contributed by atoms with van der Waals surface area (Å²) in [4.78, 5) is 40.6. The number of aromatic nitrogens is 1. The lowest BCUT2D eigenvalue weighted by atomic mass is 10.1. The number of anilines is 2. The van der Waals surface area contributed by atoms with E-state index in [1.54, 1.807) is 30.3 Å². The van der Waals surface area contributed by atoms with Gasteiger partial charge in [-0.2, -0.15) is 0 Å². The molecule has 3 rings (SSSR count). The Morgan fingerprint density at radius 1 is 1.03 bits per heavy atom. The van der Waals surface area contributed by atoms with Gasteiger partial charge in [-0.3, -0.25) is 9.59 Å². The highest BCUT2D eigenvalue weighted by Crippen LogP contribution is 2.26. The van der Waals surface area contributed by atoms with Crippen molar-refractivity contribution in [2.45, 2.75) is 13.0 Å². The molecule has 10 heteroatoms. The fourth-order valence-corrected chi connectivity index (χ4v) is 3.73. The number of carbonyl (C=O) groups is 3. The highest BCUT2D eigenvalue weighted by atomic mass is 35.5. The van der Waals surface area contributed by atoms with E-state index >= 15 is 0 Å². The van der Waals surface area contributed by atoms with Crippen molar-refractivity contribution in [2.75, 3.05) is 10.6 Å². The van der Waals surface area contributed by atoms with Crippen LogP contribution in [-0.4, -0.2) is 22.8 Å². The van der Waals surface area contributed by atoms with Crippen LogP contribution in [0.3, 0.4) is 0 Å². The van der Waals surface area contributed by atoms with Crippen LogP contribution in [0.4, 0.5) is 10.8 Å². The minimum atomic E-state index is -1.25. The number of carbonyl (C=O) groups excluding carboxylic acids is 3. The van der Waals surface area contributed by atoms with Gasteiger partial charge < -0.3 is 15.4 Å². The molecular weight excluding hydrogens is 449 g/mol. The van der Waals surface area contributed by atoms with Gasteiger partial charge in [0.1, 0.15) is 0 Å². The van der Waals surface area contributed by atoms with E-state index in [0.717, 1.165) is 11.3 Å². The molecule has 1 aromatic heterocycles. The van der Waals surface area contributed by atoms with Gasteiger partial charge in [0.15, 0.2) is 10.8 Å². The summed E-state index contributed by atoms with van der Waals surface area (Å²) in [5.41, 5.74) is 0.799. The molecule has 0 saturated carbocycles. The predicted molar refractivity (Wildman–Crippen MR) is 116 cm³/mol. The molecule has 2 aromatic carbocycles. The number of esters is 1. The van der Waals surface area contributed by atoms with Crippen LogP contribution < -0.4 is 10.6 Å². The maximum Gasteiger partial charge on any atom is 0.359 e. The smallest absolute Gasteiger partial charge is 0.359 e. The first-order valence-corrected chi connectivity index (χ1v) is 10.2. The van der Waals surface area contributed by atoms with Gasteiger partial charge in [-0.15, -0.1) is 11.3 Å². The maximum absolute atomic E-state index is 12.9. The fraction of sp³-hybridized carbons (Fsp3) is 0.100. The van der Waals surface area contributed by atoms with Gasteiger partial charge in [0.2, 0.25) is 12.0 Å². The number of nitrogens with one attached hydrogen (secondary N) is 2. The van der Waals surface area contributed by atoms with E-state index < -0.39 is 18.0 Å². The van der Waals surface area contributed by atoms with Crippen LogP contribution >= 0.6 is 34.5 Å². The monoisotopic (exact) mass is 463 g/mol. The number of ether oxygens (including phenoxy) is 1. The second-order valence-electron chi connectivity index (χ2n) is 6.06. The van der Waals surface area contributed by atoms with Crippen molar-refractivity contribution < 1.29 is 19.1 Å². The van der Waals surface area contributed by atoms with Gasteiger partial charge in [0, 0.05) is 33.6 Å². The zero-order valence-electron chi connectivity index (χ0n) is 15.5. The fourth-order valence-electron chi connectivity index (χ4n) is 2.48. The Balaban J connectivity index is 1.82. The summed E-state index contributed by atoms with van der Waals surface area (Å²) in [6.45, 7) is 1.33. The average molecular weight is 464 g/mol. The van der Waals surface area contributed by atoms with E-state index in [1.165, 1.54) is 30.5 Å². The number of rotatable bonds is 6. The number of amides is 2. The average Bonchev–Trinajstić information content (AvgIpc) is 3.13. The molecule has 0 radical (unpaired) electrons. The standard InChI is InChI=1S/C20H15Cl2N3O4S/c1-11(26)23-20-25-16(10-30-20)19(28)29-17(12-5-3-2-4-6-12)18(27)24-15-8-13(21)7-14(22)9-15/h2-10,17H,1H3,(H,24,27)(H,23,25,26). The normalized spacial score (nSPS) is 11.4. The van der Waals surface area contributed by atoms with Crippen LogP contribution in [0.5, 0.6) is 0 Å². The van der Waals surface area contributed by atoms with Crippen LogP contribution in [0.2, 0.25) is 10.0 Å². The molecule has 1 unspecified atom stereocenters. The summed E-state index contributed by atoms with van der Waals surface area (Å²) in [7, 11) is 0. The number of nitrogens with zero attached hydrogens (tertiary/aromatic N) is 1. The Bertz CT molecular complexity index is 1070. The maximum atomic E-state index is 12.9. The van der Waals surface area contributed by atoms with Crippen LogP contribution in [0.15, 0.2) is 53.9 Å². The zero-order chi connectivity index (χ0) is 21.7. The SMILES string of the molecule is CC(=O)Nc1nc(C(=O)OC(C(=O)Nc2cc(Cl)cc(Cl)c2)c2ccccc2)cs1. The van der Waals surface area contributed by atoms with Gasteiger partial charge in [-0.05, 0) is 18.2 Å². The van der Waals surface area contributed by atoms with Crippen molar-refractivity contribution in [2.24, 2.45) is 0 Å². The first-order valence-electron chi connectivity index (χ1n) is 8.58.